The van der Waals surface area contributed by atoms with E-state index in [9.17, 15) is 9.59 Å². The van der Waals surface area contributed by atoms with Crippen molar-refractivity contribution in [3.63, 3.8) is 0 Å². The van der Waals surface area contributed by atoms with Crippen LogP contribution in [0.1, 0.15) is 21.0 Å². The summed E-state index contributed by atoms with van der Waals surface area (Å²) in [6.45, 7) is 0. The normalized spacial score (nSPS) is 10.0. The van der Waals surface area contributed by atoms with Gasteiger partial charge in [0, 0.05) is 0 Å². The topological polar surface area (TPSA) is 121 Å². The van der Waals surface area contributed by atoms with E-state index in [0.29, 0.717) is 5.69 Å². The molecule has 82 valence electrons. The third-order valence-electron chi connectivity index (χ3n) is 1.76. The second kappa shape index (κ2) is 3.85. The number of aromatic nitrogens is 3. The van der Waals surface area contributed by atoms with Gasteiger partial charge >= 0.3 is 5.97 Å². The Balaban J connectivity index is 2.21. The first kappa shape index (κ1) is 9.90. The summed E-state index contributed by atoms with van der Waals surface area (Å²) in [7, 11) is 0. The molecule has 2 heterocycles. The molecule has 1 amide bonds. The van der Waals surface area contributed by atoms with Crippen LogP contribution >= 0.6 is 0 Å². The summed E-state index contributed by atoms with van der Waals surface area (Å²) in [4.78, 5) is 28.3. The number of rotatable bonds is 3. The average Bonchev–Trinajstić information content (AvgIpc) is 2.86. The summed E-state index contributed by atoms with van der Waals surface area (Å²) in [5.41, 5.74) is -0.146. The van der Waals surface area contributed by atoms with Crippen molar-refractivity contribution in [1.82, 2.24) is 15.1 Å². The lowest BCUT2D eigenvalue weighted by Crippen LogP contribution is -2.16. The first-order valence-electron chi connectivity index (χ1n) is 4.16. The molecule has 3 N–H and O–H groups in total. The van der Waals surface area contributed by atoms with Gasteiger partial charge in [-0.2, -0.15) is 0 Å². The third kappa shape index (κ3) is 1.75. The Morgan fingerprint density at radius 1 is 1.50 bits per heavy atom. The maximum Gasteiger partial charge on any atom is 0.354 e. The largest absolute Gasteiger partial charge is 0.477 e. The highest BCUT2D eigenvalue weighted by atomic mass is 16.5. The molecule has 0 saturated heterocycles. The van der Waals surface area contributed by atoms with Gasteiger partial charge in [-0.05, 0) is 0 Å². The lowest BCUT2D eigenvalue weighted by molar-refractivity contribution is 0.0686. The summed E-state index contributed by atoms with van der Waals surface area (Å²) in [5.74, 6) is -1.91. The molecule has 2 aromatic rings. The number of hydrogen-bond donors (Lipinski definition) is 3. The van der Waals surface area contributed by atoms with Gasteiger partial charge in [0.2, 0.25) is 0 Å². The first-order chi connectivity index (χ1) is 7.68. The van der Waals surface area contributed by atoms with E-state index in [-0.39, 0.29) is 11.4 Å². The first-order valence-corrected chi connectivity index (χ1v) is 4.16. The Morgan fingerprint density at radius 3 is 2.94 bits per heavy atom. The molecular formula is C8H6N4O4. The molecule has 0 saturated carbocycles. The highest BCUT2D eigenvalue weighted by molar-refractivity contribution is 6.08. The van der Waals surface area contributed by atoms with E-state index in [1.54, 1.807) is 0 Å². The van der Waals surface area contributed by atoms with E-state index in [1.165, 1.54) is 12.5 Å². The molecule has 2 aromatic heterocycles. The number of imidazole rings is 1. The molecular weight excluding hydrogens is 216 g/mol. The van der Waals surface area contributed by atoms with Gasteiger partial charge in [0.15, 0.2) is 11.4 Å². The number of aromatic carboxylic acids is 1. The zero-order valence-corrected chi connectivity index (χ0v) is 7.80. The minimum absolute atomic E-state index is 0.200. The molecule has 0 atom stereocenters. The molecule has 0 aliphatic carbocycles. The van der Waals surface area contributed by atoms with E-state index in [2.05, 4.69) is 25.0 Å². The monoisotopic (exact) mass is 222 g/mol. The van der Waals surface area contributed by atoms with Crippen molar-refractivity contribution in [3.05, 3.63) is 30.2 Å². The van der Waals surface area contributed by atoms with Gasteiger partial charge in [-0.1, -0.05) is 5.16 Å². The van der Waals surface area contributed by atoms with Gasteiger partial charge < -0.3 is 19.9 Å². The van der Waals surface area contributed by atoms with Crippen LogP contribution in [0.4, 0.5) is 5.69 Å². The number of carbonyl (C=O) groups excluding carboxylic acids is 1. The van der Waals surface area contributed by atoms with Gasteiger partial charge in [-0.3, -0.25) is 4.79 Å². The van der Waals surface area contributed by atoms with Crippen molar-refractivity contribution < 1.29 is 19.2 Å². The average molecular weight is 222 g/mol. The Kier molecular flexibility index (Phi) is 2.38. The minimum Gasteiger partial charge on any atom is -0.477 e. The molecule has 8 nitrogen and oxygen atoms in total. The fraction of sp³-hybridized carbons (Fsp3) is 0. The lowest BCUT2D eigenvalue weighted by Gasteiger charge is -1.98. The molecule has 0 aromatic carbocycles. The van der Waals surface area contributed by atoms with E-state index in [1.807, 2.05) is 0 Å². The summed E-state index contributed by atoms with van der Waals surface area (Å²) < 4.78 is 4.50. The van der Waals surface area contributed by atoms with Crippen molar-refractivity contribution in [2.45, 2.75) is 0 Å². The molecule has 0 spiro atoms. The van der Waals surface area contributed by atoms with Crippen molar-refractivity contribution >= 4 is 17.6 Å². The van der Waals surface area contributed by atoms with Gasteiger partial charge in [0.05, 0.1) is 12.5 Å². The zero-order valence-electron chi connectivity index (χ0n) is 7.80. The summed E-state index contributed by atoms with van der Waals surface area (Å²) in [6, 6.07) is 0. The van der Waals surface area contributed by atoms with Gasteiger partial charge in [-0.15, -0.1) is 0 Å². The van der Waals surface area contributed by atoms with Crippen LogP contribution in [-0.4, -0.2) is 32.1 Å². The predicted molar refractivity (Wildman–Crippen MR) is 50.0 cm³/mol. The lowest BCUT2D eigenvalue weighted by atomic mass is 10.3. The number of carboxylic acids is 1. The number of H-pyrrole nitrogens is 1. The van der Waals surface area contributed by atoms with Crippen LogP contribution in [0.3, 0.4) is 0 Å². The standard InChI is InChI=1S/C8H6N4O4/c13-7(12-4-1-11-16-2-4)5-6(8(14)15)10-3-9-5/h1-3H,(H,9,10)(H,12,13)(H,14,15). The van der Waals surface area contributed by atoms with E-state index in [4.69, 9.17) is 5.11 Å². The maximum atomic E-state index is 11.6. The quantitative estimate of drug-likeness (QED) is 0.688. The van der Waals surface area contributed by atoms with Gasteiger partial charge in [-0.25, -0.2) is 9.78 Å². The molecule has 0 unspecified atom stereocenters. The van der Waals surface area contributed by atoms with E-state index < -0.39 is 11.9 Å². The van der Waals surface area contributed by atoms with Crippen LogP contribution in [-0.2, 0) is 0 Å². The highest BCUT2D eigenvalue weighted by Crippen LogP contribution is 2.08. The third-order valence-corrected chi connectivity index (χ3v) is 1.76. The van der Waals surface area contributed by atoms with Crippen molar-refractivity contribution in [3.8, 4) is 0 Å². The highest BCUT2D eigenvalue weighted by Gasteiger charge is 2.19. The number of aromatic amines is 1. The fourth-order valence-corrected chi connectivity index (χ4v) is 1.09. The van der Waals surface area contributed by atoms with Crippen molar-refractivity contribution in [2.75, 3.05) is 5.32 Å². The van der Waals surface area contributed by atoms with Crippen LogP contribution in [0.25, 0.3) is 0 Å². The van der Waals surface area contributed by atoms with E-state index in [0.717, 1.165) is 6.33 Å². The number of carboxylic acid groups (broad SMARTS) is 1. The van der Waals surface area contributed by atoms with Gasteiger partial charge in [0.25, 0.3) is 5.91 Å². The molecule has 8 heteroatoms. The summed E-state index contributed by atoms with van der Waals surface area (Å²) >= 11 is 0. The Labute approximate surface area is 88.3 Å². The summed E-state index contributed by atoms with van der Waals surface area (Å²) in [5, 5.41) is 14.5. The molecule has 2 rings (SSSR count). The molecule has 0 radical (unpaired) electrons. The number of amides is 1. The summed E-state index contributed by atoms with van der Waals surface area (Å²) in [6.07, 6.45) is 3.63. The SMILES string of the molecule is O=C(Nc1cnoc1)c1nc[nH]c1C(=O)O. The zero-order chi connectivity index (χ0) is 11.5. The second-order valence-electron chi connectivity index (χ2n) is 2.80. The van der Waals surface area contributed by atoms with Crippen LogP contribution < -0.4 is 5.32 Å². The Bertz CT molecular complexity index is 516. The molecule has 0 bridgehead atoms. The number of nitrogens with zero attached hydrogens (tertiary/aromatic N) is 2. The molecule has 16 heavy (non-hydrogen) atoms. The number of nitrogens with one attached hydrogen (secondary N) is 2. The van der Waals surface area contributed by atoms with Crippen LogP contribution in [0.15, 0.2) is 23.3 Å². The molecule has 0 fully saturated rings. The van der Waals surface area contributed by atoms with Gasteiger partial charge in [0.1, 0.15) is 12.0 Å². The van der Waals surface area contributed by atoms with Crippen LogP contribution in [0.5, 0.6) is 0 Å². The Morgan fingerprint density at radius 2 is 2.31 bits per heavy atom. The van der Waals surface area contributed by atoms with Crippen LogP contribution in [0, 0.1) is 0 Å². The molecule has 0 aliphatic heterocycles. The number of carbonyl (C=O) groups is 2. The smallest absolute Gasteiger partial charge is 0.354 e. The van der Waals surface area contributed by atoms with Crippen molar-refractivity contribution in [2.24, 2.45) is 0 Å². The molecule has 0 aliphatic rings. The number of anilines is 1. The van der Waals surface area contributed by atoms with Crippen LogP contribution in [0.2, 0.25) is 0 Å². The Hall–Kier alpha value is -2.64. The predicted octanol–water partition coefficient (Wildman–Crippen LogP) is 0.348. The minimum atomic E-state index is -1.26. The van der Waals surface area contributed by atoms with E-state index >= 15 is 0 Å². The number of hydrogen-bond acceptors (Lipinski definition) is 5. The fourth-order valence-electron chi connectivity index (χ4n) is 1.09. The van der Waals surface area contributed by atoms with Crippen molar-refractivity contribution in [1.29, 1.82) is 0 Å². The second-order valence-corrected chi connectivity index (χ2v) is 2.80. The maximum absolute atomic E-state index is 11.6.